The third-order valence-corrected chi connectivity index (χ3v) is 4.09. The highest BCUT2D eigenvalue weighted by Gasteiger charge is 2.18. The fourth-order valence-corrected chi connectivity index (χ4v) is 2.83. The first-order valence-electron chi connectivity index (χ1n) is 8.01. The molecule has 0 aliphatic rings. The number of carbonyl (C=O) groups excluding carboxylic acids is 1. The molecule has 3 aromatic rings. The summed E-state index contributed by atoms with van der Waals surface area (Å²) in [7, 11) is 0. The third kappa shape index (κ3) is 3.06. The van der Waals surface area contributed by atoms with E-state index in [4.69, 9.17) is 11.6 Å². The van der Waals surface area contributed by atoms with Crippen LogP contribution in [0.4, 0.5) is 0 Å². The number of aromatic nitrogens is 4. The number of rotatable bonds is 5. The molecule has 0 saturated heterocycles. The molecule has 0 bridgehead atoms. The number of halogens is 1. The summed E-state index contributed by atoms with van der Waals surface area (Å²) in [4.78, 5) is 26.2. The van der Waals surface area contributed by atoms with Crippen LogP contribution in [0.1, 0.15) is 50.1 Å². The molecule has 0 amide bonds. The molecule has 23 heavy (non-hydrogen) atoms. The van der Waals surface area contributed by atoms with Gasteiger partial charge in [0, 0.05) is 17.9 Å². The van der Waals surface area contributed by atoms with E-state index in [0.29, 0.717) is 46.0 Å². The minimum absolute atomic E-state index is 0.0420. The van der Waals surface area contributed by atoms with E-state index >= 15 is 0 Å². The minimum Gasteiger partial charge on any atom is -0.274 e. The van der Waals surface area contributed by atoms with Crippen LogP contribution in [0.15, 0.2) is 18.2 Å². The number of benzene rings is 1. The van der Waals surface area contributed by atoms with Gasteiger partial charge in [-0.3, -0.25) is 4.79 Å². The van der Waals surface area contributed by atoms with Gasteiger partial charge < -0.3 is 0 Å². The lowest BCUT2D eigenvalue weighted by Gasteiger charge is -2.06. The number of fused-ring (bicyclic) bond motifs is 2. The predicted octanol–water partition coefficient (Wildman–Crippen LogP) is 4.42. The maximum absolute atomic E-state index is 12.6. The van der Waals surface area contributed by atoms with Crippen LogP contribution in [0.25, 0.3) is 22.3 Å². The predicted molar refractivity (Wildman–Crippen MR) is 92.0 cm³/mol. The molecule has 0 N–H and O–H groups in total. The third-order valence-electron chi connectivity index (χ3n) is 3.85. The number of hydrogen-bond acceptors (Lipinski definition) is 4. The van der Waals surface area contributed by atoms with Crippen molar-refractivity contribution in [2.24, 2.45) is 0 Å². The van der Waals surface area contributed by atoms with Gasteiger partial charge in [-0.15, -0.1) is 0 Å². The van der Waals surface area contributed by atoms with Crippen molar-refractivity contribution in [3.05, 3.63) is 29.0 Å². The zero-order chi connectivity index (χ0) is 16.4. The molecule has 120 valence electrons. The topological polar surface area (TPSA) is 60.7 Å². The van der Waals surface area contributed by atoms with Crippen molar-refractivity contribution in [1.29, 1.82) is 0 Å². The molecule has 6 heteroatoms. The molecule has 2 heterocycles. The van der Waals surface area contributed by atoms with Crippen molar-refractivity contribution in [2.45, 2.75) is 46.0 Å². The van der Waals surface area contributed by atoms with E-state index in [2.05, 4.69) is 21.9 Å². The summed E-state index contributed by atoms with van der Waals surface area (Å²) in [5.74, 6) is 0.753. The average Bonchev–Trinajstić information content (AvgIpc) is 2.90. The molecule has 0 aliphatic carbocycles. The molecule has 0 saturated carbocycles. The van der Waals surface area contributed by atoms with Crippen molar-refractivity contribution in [3.8, 4) is 0 Å². The first kappa shape index (κ1) is 15.9. The molecule has 0 radical (unpaired) electrons. The molecule has 0 fully saturated rings. The highest BCUT2D eigenvalue weighted by Crippen LogP contribution is 2.21. The van der Waals surface area contributed by atoms with Gasteiger partial charge in [-0.05, 0) is 24.6 Å². The van der Waals surface area contributed by atoms with Crippen molar-refractivity contribution >= 4 is 39.8 Å². The lowest BCUT2D eigenvalue weighted by Crippen LogP contribution is -2.14. The molecule has 5 nitrogen and oxygen atoms in total. The number of aryl methyl sites for hydroxylation is 1. The van der Waals surface area contributed by atoms with Gasteiger partial charge in [-0.25, -0.2) is 19.5 Å². The standard InChI is InChI=1S/C17H19ClN4O/c1-3-5-6-7-15(23)22-14(4-2)21-16-17(22)20-12-9-8-11(18)10-13(12)19-16/h8-10H,3-7H2,1-2H3. The van der Waals surface area contributed by atoms with Gasteiger partial charge in [-0.2, -0.15) is 0 Å². The summed E-state index contributed by atoms with van der Waals surface area (Å²) in [6, 6.07) is 5.35. The lowest BCUT2D eigenvalue weighted by molar-refractivity contribution is 0.0900. The lowest BCUT2D eigenvalue weighted by atomic mass is 10.2. The summed E-state index contributed by atoms with van der Waals surface area (Å²) >= 11 is 6.01. The van der Waals surface area contributed by atoms with Crippen molar-refractivity contribution in [1.82, 2.24) is 19.5 Å². The Morgan fingerprint density at radius 3 is 2.70 bits per heavy atom. The Balaban J connectivity index is 2.11. The second-order valence-corrected chi connectivity index (χ2v) is 6.01. The van der Waals surface area contributed by atoms with E-state index in [9.17, 15) is 4.79 Å². The van der Waals surface area contributed by atoms with E-state index in [-0.39, 0.29) is 5.91 Å². The van der Waals surface area contributed by atoms with Gasteiger partial charge in [-0.1, -0.05) is 38.3 Å². The van der Waals surface area contributed by atoms with E-state index in [0.717, 1.165) is 19.3 Å². The van der Waals surface area contributed by atoms with Gasteiger partial charge >= 0.3 is 0 Å². The van der Waals surface area contributed by atoms with Crippen LogP contribution < -0.4 is 0 Å². The Kier molecular flexibility index (Phi) is 4.57. The molecule has 0 unspecified atom stereocenters. The van der Waals surface area contributed by atoms with Gasteiger partial charge in [0.05, 0.1) is 11.0 Å². The fraction of sp³-hybridized carbons (Fsp3) is 0.412. The first-order valence-corrected chi connectivity index (χ1v) is 8.39. The Labute approximate surface area is 139 Å². The Hall–Kier alpha value is -2.01. The largest absolute Gasteiger partial charge is 0.274 e. The first-order chi connectivity index (χ1) is 11.1. The van der Waals surface area contributed by atoms with Gasteiger partial charge in [0.15, 0.2) is 11.3 Å². The number of unbranched alkanes of at least 4 members (excludes halogenated alkanes) is 2. The zero-order valence-electron chi connectivity index (χ0n) is 13.3. The van der Waals surface area contributed by atoms with Crippen LogP contribution >= 0.6 is 11.6 Å². The smallest absolute Gasteiger partial charge is 0.233 e. The highest BCUT2D eigenvalue weighted by atomic mass is 35.5. The molecular formula is C17H19ClN4O. The van der Waals surface area contributed by atoms with Crippen LogP contribution in [0, 0.1) is 0 Å². The highest BCUT2D eigenvalue weighted by molar-refractivity contribution is 6.31. The molecule has 0 atom stereocenters. The SMILES string of the molecule is CCCCCC(=O)n1c(CC)nc2nc3cc(Cl)ccc3nc21. The van der Waals surface area contributed by atoms with Crippen molar-refractivity contribution in [2.75, 3.05) is 0 Å². The zero-order valence-corrected chi connectivity index (χ0v) is 14.1. The number of carbonyl (C=O) groups is 1. The molecule has 1 aromatic carbocycles. The van der Waals surface area contributed by atoms with E-state index in [1.165, 1.54) is 0 Å². The van der Waals surface area contributed by atoms with Crippen LogP contribution in [-0.4, -0.2) is 25.4 Å². The molecule has 0 spiro atoms. The Morgan fingerprint density at radius 2 is 1.96 bits per heavy atom. The summed E-state index contributed by atoms with van der Waals surface area (Å²) in [5.41, 5.74) is 2.45. The maximum Gasteiger partial charge on any atom is 0.233 e. The number of nitrogens with zero attached hydrogens (tertiary/aromatic N) is 4. The van der Waals surface area contributed by atoms with Gasteiger partial charge in [0.1, 0.15) is 5.82 Å². The summed E-state index contributed by atoms with van der Waals surface area (Å²) in [6.07, 6.45) is 4.19. The maximum atomic E-state index is 12.6. The summed E-state index contributed by atoms with van der Waals surface area (Å²) in [6.45, 7) is 4.10. The van der Waals surface area contributed by atoms with E-state index in [1.807, 2.05) is 13.0 Å². The molecule has 2 aromatic heterocycles. The summed E-state index contributed by atoms with van der Waals surface area (Å²) in [5, 5.41) is 0.608. The second kappa shape index (κ2) is 6.62. The molecular weight excluding hydrogens is 312 g/mol. The van der Waals surface area contributed by atoms with Crippen LogP contribution in [0.5, 0.6) is 0 Å². The van der Waals surface area contributed by atoms with Crippen molar-refractivity contribution in [3.63, 3.8) is 0 Å². The quantitative estimate of drug-likeness (QED) is 0.650. The second-order valence-electron chi connectivity index (χ2n) is 5.57. The average molecular weight is 331 g/mol. The van der Waals surface area contributed by atoms with Crippen LogP contribution in [0.2, 0.25) is 5.02 Å². The van der Waals surface area contributed by atoms with Gasteiger partial charge in [0.25, 0.3) is 0 Å². The Bertz CT molecular complexity index is 872. The van der Waals surface area contributed by atoms with Gasteiger partial charge in [0.2, 0.25) is 5.91 Å². The van der Waals surface area contributed by atoms with Crippen molar-refractivity contribution < 1.29 is 4.79 Å². The Morgan fingerprint density at radius 1 is 1.13 bits per heavy atom. The fourth-order valence-electron chi connectivity index (χ4n) is 2.67. The van der Waals surface area contributed by atoms with Crippen LogP contribution in [0.3, 0.4) is 0 Å². The number of imidazole rings is 1. The number of hydrogen-bond donors (Lipinski definition) is 0. The van der Waals surface area contributed by atoms with E-state index < -0.39 is 0 Å². The molecule has 0 aliphatic heterocycles. The normalized spacial score (nSPS) is 11.4. The monoisotopic (exact) mass is 330 g/mol. The molecule has 3 rings (SSSR count). The van der Waals surface area contributed by atoms with E-state index in [1.54, 1.807) is 16.7 Å². The van der Waals surface area contributed by atoms with Crippen LogP contribution in [-0.2, 0) is 6.42 Å². The minimum atomic E-state index is 0.0420. The summed E-state index contributed by atoms with van der Waals surface area (Å²) < 4.78 is 1.63.